The van der Waals surface area contributed by atoms with Crippen molar-refractivity contribution in [1.82, 2.24) is 9.78 Å². The van der Waals surface area contributed by atoms with Crippen LogP contribution >= 0.6 is 0 Å². The van der Waals surface area contributed by atoms with Crippen molar-refractivity contribution < 1.29 is 13.9 Å². The molecule has 0 saturated heterocycles. The fraction of sp³-hybridized carbons (Fsp3) is 0.0833. The highest BCUT2D eigenvalue weighted by atomic mass is 16.5. The monoisotopic (exact) mass is 412 g/mol. The van der Waals surface area contributed by atoms with Gasteiger partial charge in [0, 0.05) is 29.1 Å². The summed E-state index contributed by atoms with van der Waals surface area (Å²) in [5.74, 6) is 0.961. The molecule has 3 aromatic carbocycles. The molecule has 0 aliphatic carbocycles. The number of methoxy groups -OCH3 is 1. The van der Waals surface area contributed by atoms with E-state index in [0.717, 1.165) is 22.0 Å². The van der Waals surface area contributed by atoms with Crippen LogP contribution in [-0.4, -0.2) is 29.3 Å². The van der Waals surface area contributed by atoms with Crippen molar-refractivity contribution in [3.8, 4) is 11.4 Å². The lowest BCUT2D eigenvalue weighted by Crippen LogP contribution is -2.22. The molecular formula is C24H20N4O3. The smallest absolute Gasteiger partial charge is 0.243 e. The number of hydrogen-bond donors (Lipinski definition) is 2. The van der Waals surface area contributed by atoms with E-state index in [1.54, 1.807) is 17.9 Å². The molecule has 0 radical (unpaired) electrons. The largest absolute Gasteiger partial charge is 0.495 e. The maximum Gasteiger partial charge on any atom is 0.243 e. The normalized spacial score (nSPS) is 11.0. The second-order valence-electron chi connectivity index (χ2n) is 7.03. The van der Waals surface area contributed by atoms with Gasteiger partial charge in [-0.05, 0) is 24.3 Å². The number of fused-ring (bicyclic) bond motifs is 3. The van der Waals surface area contributed by atoms with Crippen molar-refractivity contribution in [1.29, 1.82) is 0 Å². The summed E-state index contributed by atoms with van der Waals surface area (Å²) in [5.41, 5.74) is 2.98. The Bertz CT molecular complexity index is 1370. The number of aromatic nitrogens is 2. The summed E-state index contributed by atoms with van der Waals surface area (Å²) in [6, 6.07) is 23.1. The number of hydrogen-bond acceptors (Lipinski definition) is 5. The Morgan fingerprint density at radius 2 is 1.81 bits per heavy atom. The van der Waals surface area contributed by atoms with Crippen LogP contribution in [0.25, 0.3) is 27.6 Å². The lowest BCUT2D eigenvalue weighted by atomic mass is 10.1. The van der Waals surface area contributed by atoms with E-state index in [1.807, 2.05) is 72.9 Å². The molecule has 31 heavy (non-hydrogen) atoms. The zero-order valence-corrected chi connectivity index (χ0v) is 16.8. The van der Waals surface area contributed by atoms with E-state index in [0.29, 0.717) is 22.8 Å². The van der Waals surface area contributed by atoms with Crippen LogP contribution in [-0.2, 0) is 4.79 Å². The van der Waals surface area contributed by atoms with E-state index in [-0.39, 0.29) is 12.5 Å². The molecule has 5 rings (SSSR count). The van der Waals surface area contributed by atoms with E-state index in [9.17, 15) is 4.79 Å². The average Bonchev–Trinajstić information content (AvgIpc) is 3.42. The van der Waals surface area contributed by atoms with Crippen LogP contribution in [0.1, 0.15) is 0 Å². The molecular weight excluding hydrogens is 392 g/mol. The highest BCUT2D eigenvalue weighted by molar-refractivity contribution is 6.08. The lowest BCUT2D eigenvalue weighted by Gasteiger charge is -2.10. The number of rotatable bonds is 6. The van der Waals surface area contributed by atoms with Crippen LogP contribution < -0.4 is 15.4 Å². The molecule has 0 fully saturated rings. The molecule has 154 valence electrons. The molecule has 0 bridgehead atoms. The Balaban J connectivity index is 1.31. The van der Waals surface area contributed by atoms with Crippen molar-refractivity contribution in [3.05, 3.63) is 79.0 Å². The molecule has 0 aliphatic rings. The van der Waals surface area contributed by atoms with Gasteiger partial charge in [-0.2, -0.15) is 5.10 Å². The minimum Gasteiger partial charge on any atom is -0.495 e. The first kappa shape index (κ1) is 18.7. The summed E-state index contributed by atoms with van der Waals surface area (Å²) in [6.45, 7) is 0.0626. The number of nitrogens with zero attached hydrogens (tertiary/aromatic N) is 2. The summed E-state index contributed by atoms with van der Waals surface area (Å²) in [7, 11) is 1.58. The third-order valence-electron chi connectivity index (χ3n) is 5.01. The van der Waals surface area contributed by atoms with Crippen LogP contribution in [0, 0.1) is 0 Å². The fourth-order valence-corrected chi connectivity index (χ4v) is 3.53. The number of anilines is 2. The third kappa shape index (κ3) is 3.69. The third-order valence-corrected chi connectivity index (χ3v) is 5.01. The molecule has 0 saturated carbocycles. The zero-order chi connectivity index (χ0) is 21.2. The maximum atomic E-state index is 12.5. The number of carbonyl (C=O) groups excluding carboxylic acids is 1. The van der Waals surface area contributed by atoms with Gasteiger partial charge in [0.25, 0.3) is 0 Å². The molecule has 5 aromatic rings. The summed E-state index contributed by atoms with van der Waals surface area (Å²) in [5, 5.41) is 12.3. The zero-order valence-electron chi connectivity index (χ0n) is 16.8. The van der Waals surface area contributed by atoms with Gasteiger partial charge >= 0.3 is 0 Å². The second-order valence-corrected chi connectivity index (χ2v) is 7.03. The average molecular weight is 412 g/mol. The molecule has 7 heteroatoms. The maximum absolute atomic E-state index is 12.5. The van der Waals surface area contributed by atoms with Gasteiger partial charge in [-0.3, -0.25) is 4.79 Å². The van der Waals surface area contributed by atoms with Crippen LogP contribution in [0.2, 0.25) is 0 Å². The summed E-state index contributed by atoms with van der Waals surface area (Å²) >= 11 is 0. The number of para-hydroxylation sites is 2. The number of carbonyl (C=O) groups is 1. The van der Waals surface area contributed by atoms with E-state index in [2.05, 4.69) is 15.7 Å². The first-order valence-electron chi connectivity index (χ1n) is 9.85. The highest BCUT2D eigenvalue weighted by Crippen LogP contribution is 2.36. The van der Waals surface area contributed by atoms with Gasteiger partial charge in [-0.1, -0.05) is 36.4 Å². The Hall–Kier alpha value is -4.26. The van der Waals surface area contributed by atoms with Gasteiger partial charge in [0.1, 0.15) is 22.7 Å². The van der Waals surface area contributed by atoms with E-state index in [4.69, 9.17) is 9.15 Å². The molecule has 0 aliphatic heterocycles. The van der Waals surface area contributed by atoms with Crippen molar-refractivity contribution in [3.63, 3.8) is 0 Å². The lowest BCUT2D eigenvalue weighted by molar-refractivity contribution is -0.114. The highest BCUT2D eigenvalue weighted by Gasteiger charge is 2.14. The Kier molecular flexibility index (Phi) is 4.76. The van der Waals surface area contributed by atoms with Gasteiger partial charge in [0.05, 0.1) is 25.0 Å². The van der Waals surface area contributed by atoms with Crippen LogP contribution in [0.15, 0.2) is 83.4 Å². The molecule has 7 nitrogen and oxygen atoms in total. The Labute approximate surface area is 178 Å². The van der Waals surface area contributed by atoms with Crippen LogP contribution in [0.3, 0.4) is 0 Å². The minimum absolute atomic E-state index is 0.0626. The van der Waals surface area contributed by atoms with Crippen molar-refractivity contribution in [2.75, 3.05) is 24.3 Å². The van der Waals surface area contributed by atoms with Crippen molar-refractivity contribution >= 4 is 39.4 Å². The summed E-state index contributed by atoms with van der Waals surface area (Å²) < 4.78 is 13.2. The first-order valence-corrected chi connectivity index (χ1v) is 9.85. The molecule has 0 atom stereocenters. The number of nitrogens with one attached hydrogen (secondary N) is 2. The molecule has 2 heterocycles. The SMILES string of the molecule is COc1cc2c(cc1NC(=O)CNc1ccn(-c3ccccc3)n1)oc1ccccc12. The van der Waals surface area contributed by atoms with Crippen LogP contribution in [0.4, 0.5) is 11.5 Å². The number of ether oxygens (including phenoxy) is 1. The second kappa shape index (κ2) is 7.87. The quantitative estimate of drug-likeness (QED) is 0.417. The molecule has 0 unspecified atom stereocenters. The summed E-state index contributed by atoms with van der Waals surface area (Å²) in [4.78, 5) is 12.5. The molecule has 2 aromatic heterocycles. The minimum atomic E-state index is -0.219. The van der Waals surface area contributed by atoms with E-state index < -0.39 is 0 Å². The van der Waals surface area contributed by atoms with E-state index in [1.165, 1.54) is 0 Å². The van der Waals surface area contributed by atoms with Crippen molar-refractivity contribution in [2.24, 2.45) is 0 Å². The number of amides is 1. The summed E-state index contributed by atoms with van der Waals surface area (Å²) in [6.07, 6.45) is 1.84. The van der Waals surface area contributed by atoms with Gasteiger partial charge in [-0.25, -0.2) is 4.68 Å². The fourth-order valence-electron chi connectivity index (χ4n) is 3.53. The van der Waals surface area contributed by atoms with Gasteiger partial charge in [0.15, 0.2) is 0 Å². The molecule has 0 spiro atoms. The topological polar surface area (TPSA) is 81.3 Å². The Morgan fingerprint density at radius 3 is 2.65 bits per heavy atom. The van der Waals surface area contributed by atoms with E-state index >= 15 is 0 Å². The standard InChI is InChI=1S/C24H20N4O3/c1-30-22-13-18-17-9-5-6-10-20(17)31-21(18)14-19(22)26-24(29)15-25-23-11-12-28(27-23)16-7-3-2-4-8-16/h2-14H,15H2,1H3,(H,25,27)(H,26,29). The van der Waals surface area contributed by atoms with Crippen LogP contribution in [0.5, 0.6) is 5.75 Å². The molecule has 2 N–H and O–H groups in total. The van der Waals surface area contributed by atoms with Crippen molar-refractivity contribution in [2.45, 2.75) is 0 Å². The van der Waals surface area contributed by atoms with Gasteiger partial charge < -0.3 is 19.8 Å². The predicted molar refractivity (Wildman–Crippen MR) is 121 cm³/mol. The number of furan rings is 1. The number of benzene rings is 3. The first-order chi connectivity index (χ1) is 15.2. The molecule has 1 amide bonds. The Morgan fingerprint density at radius 1 is 1.00 bits per heavy atom. The predicted octanol–water partition coefficient (Wildman–Crippen LogP) is 4.83. The van der Waals surface area contributed by atoms with Gasteiger partial charge in [-0.15, -0.1) is 0 Å². The van der Waals surface area contributed by atoms with Gasteiger partial charge in [0.2, 0.25) is 5.91 Å².